The maximum atomic E-state index is 13.2. The van der Waals surface area contributed by atoms with Crippen LogP contribution in [0.5, 0.6) is 0 Å². The number of aromatic nitrogens is 2. The van der Waals surface area contributed by atoms with Crippen LogP contribution >= 0.6 is 0 Å². The minimum Gasteiger partial charge on any atom is -0.381 e. The molecule has 26 heavy (non-hydrogen) atoms. The van der Waals surface area contributed by atoms with Crippen LogP contribution in [0.2, 0.25) is 0 Å². The zero-order valence-corrected chi connectivity index (χ0v) is 15.7. The maximum Gasteiger partial charge on any atom is 0.226 e. The van der Waals surface area contributed by atoms with Crippen molar-refractivity contribution in [1.82, 2.24) is 19.4 Å². The number of carbonyl (C=O) groups is 1. The molecule has 1 amide bonds. The molecule has 7 heteroatoms. The lowest BCUT2D eigenvalue weighted by atomic mass is 9.97. The Morgan fingerprint density at radius 2 is 2.04 bits per heavy atom. The van der Waals surface area contributed by atoms with E-state index in [0.717, 1.165) is 58.0 Å². The Bertz CT molecular complexity index is 614. The summed E-state index contributed by atoms with van der Waals surface area (Å²) in [4.78, 5) is 22.3. The van der Waals surface area contributed by atoms with Crippen LogP contribution in [-0.2, 0) is 27.4 Å². The second kappa shape index (κ2) is 8.06. The van der Waals surface area contributed by atoms with Gasteiger partial charge in [-0.05, 0) is 19.8 Å². The van der Waals surface area contributed by atoms with Gasteiger partial charge in [0.25, 0.3) is 0 Å². The van der Waals surface area contributed by atoms with Crippen LogP contribution in [0.15, 0.2) is 12.4 Å². The molecule has 3 saturated heterocycles. The molecule has 1 aromatic heterocycles. The molecule has 0 spiro atoms. The fourth-order valence-corrected chi connectivity index (χ4v) is 4.50. The first-order chi connectivity index (χ1) is 12.7. The fourth-order valence-electron chi connectivity index (χ4n) is 4.50. The highest BCUT2D eigenvalue weighted by Crippen LogP contribution is 2.25. The van der Waals surface area contributed by atoms with Gasteiger partial charge < -0.3 is 18.9 Å². The van der Waals surface area contributed by atoms with Gasteiger partial charge >= 0.3 is 0 Å². The normalized spacial score (nSPS) is 28.1. The molecule has 7 nitrogen and oxygen atoms in total. The smallest absolute Gasteiger partial charge is 0.226 e. The number of aryl methyl sites for hydroxylation is 1. The molecule has 144 valence electrons. The topological polar surface area (TPSA) is 59.8 Å². The van der Waals surface area contributed by atoms with Gasteiger partial charge in [0.1, 0.15) is 5.82 Å². The summed E-state index contributed by atoms with van der Waals surface area (Å²) in [5, 5.41) is 0. The van der Waals surface area contributed by atoms with Crippen molar-refractivity contribution in [3.8, 4) is 0 Å². The molecule has 0 aromatic carbocycles. The maximum absolute atomic E-state index is 13.2. The molecule has 0 unspecified atom stereocenters. The van der Waals surface area contributed by atoms with Crippen LogP contribution in [0, 0.1) is 11.8 Å². The molecule has 2 atom stereocenters. The molecule has 0 saturated carbocycles. The number of imidazole rings is 1. The van der Waals surface area contributed by atoms with Crippen molar-refractivity contribution in [2.24, 2.45) is 11.8 Å². The lowest BCUT2D eigenvalue weighted by Gasteiger charge is -2.34. The van der Waals surface area contributed by atoms with E-state index in [2.05, 4.69) is 26.3 Å². The lowest BCUT2D eigenvalue weighted by Crippen LogP contribution is -2.49. The highest BCUT2D eigenvalue weighted by Gasteiger charge is 2.38. The van der Waals surface area contributed by atoms with Crippen molar-refractivity contribution in [2.75, 3.05) is 46.1 Å². The summed E-state index contributed by atoms with van der Waals surface area (Å²) in [7, 11) is 0. The van der Waals surface area contributed by atoms with Gasteiger partial charge in [-0.15, -0.1) is 0 Å². The summed E-state index contributed by atoms with van der Waals surface area (Å²) in [6.07, 6.45) is 5.62. The number of hydrogen-bond acceptors (Lipinski definition) is 5. The minimum absolute atomic E-state index is 0.121. The standard InChI is InChI=1S/C19H30N4O3/c1-2-22-6-5-20-18(22)12-21-9-15-10-23(17(11-21)14-26-13-15)19(24)16-3-7-25-8-4-16/h5-6,15-17H,2-4,7-14H2,1H3/t15-,17-/m0/s1. The number of carbonyl (C=O) groups excluding carboxylic acids is 1. The second-order valence-electron chi connectivity index (χ2n) is 7.76. The fraction of sp³-hybridized carbons (Fsp3) is 0.789. The predicted octanol–water partition coefficient (Wildman–Crippen LogP) is 0.989. The van der Waals surface area contributed by atoms with E-state index in [1.165, 1.54) is 0 Å². The number of nitrogens with zero attached hydrogens (tertiary/aromatic N) is 4. The van der Waals surface area contributed by atoms with Crippen LogP contribution in [0.4, 0.5) is 0 Å². The highest BCUT2D eigenvalue weighted by atomic mass is 16.5. The molecule has 0 radical (unpaired) electrons. The van der Waals surface area contributed by atoms with Gasteiger partial charge in [-0.3, -0.25) is 9.69 Å². The third kappa shape index (κ3) is 3.80. The van der Waals surface area contributed by atoms with Crippen molar-refractivity contribution < 1.29 is 14.3 Å². The Labute approximate surface area is 155 Å². The quantitative estimate of drug-likeness (QED) is 0.799. The zero-order chi connectivity index (χ0) is 17.9. The highest BCUT2D eigenvalue weighted by molar-refractivity contribution is 5.79. The van der Waals surface area contributed by atoms with Gasteiger partial charge in [0, 0.05) is 63.6 Å². The third-order valence-corrected chi connectivity index (χ3v) is 5.91. The van der Waals surface area contributed by atoms with E-state index in [0.29, 0.717) is 31.6 Å². The van der Waals surface area contributed by atoms with Crippen LogP contribution in [-0.4, -0.2) is 77.4 Å². The molecular formula is C19H30N4O3. The molecule has 3 fully saturated rings. The van der Waals surface area contributed by atoms with Crippen LogP contribution in [0.3, 0.4) is 0 Å². The van der Waals surface area contributed by atoms with E-state index < -0.39 is 0 Å². The molecule has 1 aromatic rings. The Hall–Kier alpha value is -1.44. The first-order valence-corrected chi connectivity index (χ1v) is 9.93. The van der Waals surface area contributed by atoms with E-state index in [1.807, 2.05) is 12.4 Å². The molecule has 0 N–H and O–H groups in total. The van der Waals surface area contributed by atoms with Gasteiger partial charge in [-0.1, -0.05) is 0 Å². The number of rotatable bonds is 4. The summed E-state index contributed by atoms with van der Waals surface area (Å²) in [5.41, 5.74) is 0. The van der Waals surface area contributed by atoms with Gasteiger partial charge in [-0.2, -0.15) is 0 Å². The Morgan fingerprint density at radius 1 is 1.19 bits per heavy atom. The molecule has 4 rings (SSSR count). The first kappa shape index (κ1) is 17.9. The van der Waals surface area contributed by atoms with Crippen LogP contribution < -0.4 is 0 Å². The summed E-state index contributed by atoms with van der Waals surface area (Å²) >= 11 is 0. The third-order valence-electron chi connectivity index (χ3n) is 5.91. The number of amides is 1. The van der Waals surface area contributed by atoms with E-state index in [1.54, 1.807) is 0 Å². The second-order valence-corrected chi connectivity index (χ2v) is 7.76. The first-order valence-electron chi connectivity index (χ1n) is 9.93. The minimum atomic E-state index is 0.121. The zero-order valence-electron chi connectivity index (χ0n) is 15.7. The van der Waals surface area contributed by atoms with E-state index in [9.17, 15) is 4.79 Å². The molecule has 3 aliphatic rings. The number of ether oxygens (including phenoxy) is 2. The molecule has 2 bridgehead atoms. The summed E-state index contributed by atoms with van der Waals surface area (Å²) in [6, 6.07) is 0.142. The number of fused-ring (bicyclic) bond motifs is 3. The predicted molar refractivity (Wildman–Crippen MR) is 96.5 cm³/mol. The molecule has 0 aliphatic carbocycles. The Morgan fingerprint density at radius 3 is 2.85 bits per heavy atom. The average Bonchev–Trinajstić information content (AvgIpc) is 2.91. The van der Waals surface area contributed by atoms with E-state index >= 15 is 0 Å². The Balaban J connectivity index is 1.47. The summed E-state index contributed by atoms with van der Waals surface area (Å²) in [5.74, 6) is 1.91. The van der Waals surface area contributed by atoms with Gasteiger partial charge in [-0.25, -0.2) is 4.98 Å². The Kier molecular flexibility index (Phi) is 5.57. The number of hydrogen-bond donors (Lipinski definition) is 0. The van der Waals surface area contributed by atoms with Gasteiger partial charge in [0.05, 0.1) is 25.8 Å². The molecule has 4 heterocycles. The van der Waals surface area contributed by atoms with E-state index in [-0.39, 0.29) is 12.0 Å². The lowest BCUT2D eigenvalue weighted by molar-refractivity contribution is -0.141. The molecule has 3 aliphatic heterocycles. The largest absolute Gasteiger partial charge is 0.381 e. The SMILES string of the molecule is CCn1ccnc1CN1C[C@@H]2COC[C@H](C1)N(C(=O)C1CCOCC1)C2. The molecular weight excluding hydrogens is 332 g/mol. The van der Waals surface area contributed by atoms with Crippen molar-refractivity contribution in [3.05, 3.63) is 18.2 Å². The van der Waals surface area contributed by atoms with Crippen molar-refractivity contribution in [2.45, 2.75) is 38.9 Å². The monoisotopic (exact) mass is 362 g/mol. The summed E-state index contributed by atoms with van der Waals surface area (Å²) in [6.45, 7) is 9.37. The van der Waals surface area contributed by atoms with E-state index in [4.69, 9.17) is 9.47 Å². The van der Waals surface area contributed by atoms with Crippen molar-refractivity contribution in [1.29, 1.82) is 0 Å². The summed E-state index contributed by atoms with van der Waals surface area (Å²) < 4.78 is 13.5. The van der Waals surface area contributed by atoms with Crippen molar-refractivity contribution in [3.63, 3.8) is 0 Å². The van der Waals surface area contributed by atoms with Crippen LogP contribution in [0.1, 0.15) is 25.6 Å². The van der Waals surface area contributed by atoms with Crippen LogP contribution in [0.25, 0.3) is 0 Å². The van der Waals surface area contributed by atoms with Crippen molar-refractivity contribution >= 4 is 5.91 Å². The average molecular weight is 362 g/mol. The van der Waals surface area contributed by atoms with Gasteiger partial charge in [0.2, 0.25) is 5.91 Å². The van der Waals surface area contributed by atoms with Gasteiger partial charge in [0.15, 0.2) is 0 Å².